The van der Waals surface area contributed by atoms with Crippen LogP contribution in [-0.2, 0) is 0 Å². The number of likely N-dealkylation sites (tertiary alicyclic amines) is 1. The molecule has 0 aliphatic carbocycles. The first-order valence-electron chi connectivity index (χ1n) is 9.01. The highest BCUT2D eigenvalue weighted by molar-refractivity contribution is 6.06. The number of benzene rings is 2. The van der Waals surface area contributed by atoms with E-state index in [1.54, 1.807) is 18.2 Å². The highest BCUT2D eigenvalue weighted by Crippen LogP contribution is 2.29. The fraction of sp³-hybridized carbons (Fsp3) is 0.250. The molecule has 3 aromatic rings. The zero-order valence-corrected chi connectivity index (χ0v) is 15.0. The van der Waals surface area contributed by atoms with Gasteiger partial charge in [0.05, 0.1) is 17.1 Å². The van der Waals surface area contributed by atoms with Gasteiger partial charge in [-0.15, -0.1) is 0 Å². The van der Waals surface area contributed by atoms with Gasteiger partial charge in [0.1, 0.15) is 23.8 Å². The molecule has 1 amide bonds. The third-order valence-electron chi connectivity index (χ3n) is 4.98. The minimum absolute atomic E-state index is 0.0350. The van der Waals surface area contributed by atoms with Crippen molar-refractivity contribution in [2.75, 3.05) is 25.0 Å². The fourth-order valence-corrected chi connectivity index (χ4v) is 3.44. The number of para-hydroxylation sites is 1. The lowest BCUT2D eigenvalue weighted by atomic mass is 10.0. The number of hydrogen-bond donors (Lipinski definition) is 2. The average molecular weight is 383 g/mol. The van der Waals surface area contributed by atoms with Gasteiger partial charge < -0.3 is 16.0 Å². The Morgan fingerprint density at radius 1 is 1.14 bits per heavy atom. The van der Waals surface area contributed by atoms with E-state index in [0.29, 0.717) is 23.3 Å². The van der Waals surface area contributed by atoms with E-state index in [2.05, 4.69) is 20.2 Å². The summed E-state index contributed by atoms with van der Waals surface area (Å²) < 4.78 is 28.9. The standard InChI is InChI=1S/C20H19F2N5O/c21-14-6-2-7-15(22)17(14)16(10-27-8-3-9-27)26-20-13-5-1-4-12(19(23)28)18(13)24-11-25-20/h1-2,4-7,11,16H,3,8-10H2,(H2,23,28)(H,24,25,26). The van der Waals surface area contributed by atoms with E-state index in [9.17, 15) is 13.6 Å². The monoisotopic (exact) mass is 383 g/mol. The van der Waals surface area contributed by atoms with E-state index >= 15 is 0 Å². The molecule has 0 spiro atoms. The maximum absolute atomic E-state index is 14.5. The first-order chi connectivity index (χ1) is 13.5. The summed E-state index contributed by atoms with van der Waals surface area (Å²) in [5.74, 6) is -1.45. The van der Waals surface area contributed by atoms with Crippen LogP contribution in [0, 0.1) is 11.6 Å². The maximum atomic E-state index is 14.5. The molecule has 0 bridgehead atoms. The van der Waals surface area contributed by atoms with E-state index in [0.717, 1.165) is 19.5 Å². The smallest absolute Gasteiger partial charge is 0.250 e. The van der Waals surface area contributed by atoms with Gasteiger partial charge in [0.15, 0.2) is 0 Å². The predicted octanol–water partition coefficient (Wildman–Crippen LogP) is 2.87. The number of carbonyl (C=O) groups is 1. The summed E-state index contributed by atoms with van der Waals surface area (Å²) in [7, 11) is 0. The quantitative estimate of drug-likeness (QED) is 0.684. The summed E-state index contributed by atoms with van der Waals surface area (Å²) in [5, 5.41) is 3.72. The van der Waals surface area contributed by atoms with Crippen LogP contribution in [0.2, 0.25) is 0 Å². The summed E-state index contributed by atoms with van der Waals surface area (Å²) in [6.45, 7) is 2.19. The lowest BCUT2D eigenvalue weighted by molar-refractivity contribution is 0.100. The number of nitrogens with one attached hydrogen (secondary N) is 1. The van der Waals surface area contributed by atoms with Gasteiger partial charge in [0.2, 0.25) is 0 Å². The topological polar surface area (TPSA) is 84.1 Å². The molecule has 6 nitrogen and oxygen atoms in total. The van der Waals surface area contributed by atoms with Crippen LogP contribution in [-0.4, -0.2) is 40.4 Å². The van der Waals surface area contributed by atoms with Crippen molar-refractivity contribution < 1.29 is 13.6 Å². The highest BCUT2D eigenvalue weighted by atomic mass is 19.1. The third-order valence-corrected chi connectivity index (χ3v) is 4.98. The first-order valence-corrected chi connectivity index (χ1v) is 9.01. The lowest BCUT2D eigenvalue weighted by Gasteiger charge is -2.35. The molecule has 0 saturated carbocycles. The number of nitrogens with zero attached hydrogens (tertiary/aromatic N) is 3. The summed E-state index contributed by atoms with van der Waals surface area (Å²) >= 11 is 0. The molecule has 2 heterocycles. The van der Waals surface area contributed by atoms with Crippen molar-refractivity contribution in [1.29, 1.82) is 0 Å². The van der Waals surface area contributed by atoms with Crippen molar-refractivity contribution in [3.8, 4) is 0 Å². The van der Waals surface area contributed by atoms with Crippen molar-refractivity contribution in [2.24, 2.45) is 5.73 Å². The summed E-state index contributed by atoms with van der Waals surface area (Å²) in [4.78, 5) is 22.2. The maximum Gasteiger partial charge on any atom is 0.250 e. The fourth-order valence-electron chi connectivity index (χ4n) is 3.44. The van der Waals surface area contributed by atoms with Crippen LogP contribution < -0.4 is 11.1 Å². The zero-order chi connectivity index (χ0) is 19.7. The summed E-state index contributed by atoms with van der Waals surface area (Å²) in [5.41, 5.74) is 6.05. The number of amides is 1. The predicted molar refractivity (Wildman–Crippen MR) is 102 cm³/mol. The number of hydrogen-bond acceptors (Lipinski definition) is 5. The molecule has 1 saturated heterocycles. The van der Waals surface area contributed by atoms with Crippen LogP contribution in [0.1, 0.15) is 28.4 Å². The number of nitrogens with two attached hydrogens (primary N) is 1. The minimum atomic E-state index is -0.656. The van der Waals surface area contributed by atoms with Gasteiger partial charge >= 0.3 is 0 Å². The van der Waals surface area contributed by atoms with Gasteiger partial charge in [0.25, 0.3) is 5.91 Å². The van der Waals surface area contributed by atoms with Gasteiger partial charge in [-0.05, 0) is 43.8 Å². The van der Waals surface area contributed by atoms with E-state index in [-0.39, 0.29) is 11.1 Å². The van der Waals surface area contributed by atoms with Crippen molar-refractivity contribution >= 4 is 22.6 Å². The Balaban J connectivity index is 1.77. The van der Waals surface area contributed by atoms with Gasteiger partial charge in [-0.2, -0.15) is 0 Å². The number of rotatable bonds is 6. The lowest BCUT2D eigenvalue weighted by Crippen LogP contribution is -2.41. The van der Waals surface area contributed by atoms with Crippen molar-refractivity contribution in [2.45, 2.75) is 12.5 Å². The highest BCUT2D eigenvalue weighted by Gasteiger charge is 2.26. The SMILES string of the molecule is NC(=O)c1cccc2c(NC(CN3CCC3)c3c(F)cccc3F)ncnc12. The Bertz CT molecular complexity index is 1020. The van der Waals surface area contributed by atoms with Gasteiger partial charge in [0, 0.05) is 17.5 Å². The van der Waals surface area contributed by atoms with Crippen LogP contribution in [0.25, 0.3) is 10.9 Å². The van der Waals surface area contributed by atoms with Crippen LogP contribution in [0.4, 0.5) is 14.6 Å². The number of fused-ring (bicyclic) bond motifs is 1. The zero-order valence-electron chi connectivity index (χ0n) is 15.0. The van der Waals surface area contributed by atoms with Gasteiger partial charge in [-0.1, -0.05) is 12.1 Å². The van der Waals surface area contributed by atoms with Crippen molar-refractivity contribution in [3.63, 3.8) is 0 Å². The molecule has 1 aromatic heterocycles. The molecule has 3 N–H and O–H groups in total. The molecular weight excluding hydrogens is 364 g/mol. The molecule has 144 valence electrons. The number of halogens is 2. The van der Waals surface area contributed by atoms with E-state index in [1.807, 2.05) is 0 Å². The van der Waals surface area contributed by atoms with Crippen molar-refractivity contribution in [3.05, 3.63) is 65.5 Å². The molecule has 1 unspecified atom stereocenters. The van der Waals surface area contributed by atoms with Gasteiger partial charge in [-0.3, -0.25) is 4.79 Å². The third kappa shape index (κ3) is 3.38. The second kappa shape index (κ2) is 7.47. The molecule has 4 rings (SSSR count). The molecule has 1 fully saturated rings. The van der Waals surface area contributed by atoms with Crippen LogP contribution >= 0.6 is 0 Å². The molecule has 1 aliphatic heterocycles. The van der Waals surface area contributed by atoms with Gasteiger partial charge in [-0.25, -0.2) is 18.7 Å². The van der Waals surface area contributed by atoms with E-state index < -0.39 is 23.6 Å². The van der Waals surface area contributed by atoms with E-state index in [4.69, 9.17) is 5.73 Å². The van der Waals surface area contributed by atoms with Crippen molar-refractivity contribution in [1.82, 2.24) is 14.9 Å². The number of aromatic nitrogens is 2. The summed E-state index contributed by atoms with van der Waals surface area (Å²) in [6, 6.07) is 8.16. The molecule has 28 heavy (non-hydrogen) atoms. The molecule has 1 aliphatic rings. The Morgan fingerprint density at radius 3 is 2.50 bits per heavy atom. The van der Waals surface area contributed by atoms with Crippen LogP contribution in [0.3, 0.4) is 0 Å². The molecular formula is C20H19F2N5O. The minimum Gasteiger partial charge on any atom is -0.366 e. The summed E-state index contributed by atoms with van der Waals surface area (Å²) in [6.07, 6.45) is 2.36. The largest absolute Gasteiger partial charge is 0.366 e. The number of carbonyl (C=O) groups excluding carboxylic acids is 1. The van der Waals surface area contributed by atoms with Crippen LogP contribution in [0.15, 0.2) is 42.7 Å². The number of primary amides is 1. The second-order valence-electron chi connectivity index (χ2n) is 6.77. The normalized spacial score (nSPS) is 15.2. The number of anilines is 1. The first kappa shape index (κ1) is 18.2. The Hall–Kier alpha value is -3.13. The van der Waals surface area contributed by atoms with E-state index in [1.165, 1.54) is 24.5 Å². The Labute approximate surface area is 160 Å². The Kier molecular flexibility index (Phi) is 4.87. The Morgan fingerprint density at radius 2 is 1.86 bits per heavy atom. The second-order valence-corrected chi connectivity index (χ2v) is 6.77. The molecule has 2 aromatic carbocycles. The van der Waals surface area contributed by atoms with Crippen LogP contribution in [0.5, 0.6) is 0 Å². The average Bonchev–Trinajstić information content (AvgIpc) is 2.63. The molecule has 1 atom stereocenters. The molecule has 8 heteroatoms. The molecule has 0 radical (unpaired) electrons.